The maximum Gasteiger partial charge on any atom is 0.373 e. The molecule has 0 aliphatic carbocycles. The standard InChI is InChI=1S/C4H8N2O3/c1-2(6-5)3(7)4(8)9/h2,6H,5H2,1H3,(H,8,9). The highest BCUT2D eigenvalue weighted by Gasteiger charge is 2.17. The van der Waals surface area contributed by atoms with Gasteiger partial charge in [-0.1, -0.05) is 0 Å². The Morgan fingerprint density at radius 2 is 2.11 bits per heavy atom. The number of aliphatic carboxylic acids is 1. The lowest BCUT2D eigenvalue weighted by molar-refractivity contribution is -0.149. The van der Waals surface area contributed by atoms with Gasteiger partial charge < -0.3 is 5.11 Å². The lowest BCUT2D eigenvalue weighted by Gasteiger charge is -2.02. The molecule has 4 N–H and O–H groups in total. The average molecular weight is 132 g/mol. The molecule has 0 saturated carbocycles. The van der Waals surface area contributed by atoms with Crippen LogP contribution in [0.3, 0.4) is 0 Å². The van der Waals surface area contributed by atoms with Gasteiger partial charge in [0.05, 0.1) is 6.04 Å². The van der Waals surface area contributed by atoms with Gasteiger partial charge in [-0.3, -0.25) is 10.6 Å². The van der Waals surface area contributed by atoms with Crippen molar-refractivity contribution in [1.29, 1.82) is 0 Å². The first-order valence-electron chi connectivity index (χ1n) is 2.33. The number of carbonyl (C=O) groups is 2. The molecule has 5 nitrogen and oxygen atoms in total. The van der Waals surface area contributed by atoms with Crippen LogP contribution in [0.1, 0.15) is 6.92 Å². The van der Waals surface area contributed by atoms with Gasteiger partial charge in [0.25, 0.3) is 5.78 Å². The average Bonchev–Trinajstić information content (AvgIpc) is 1.84. The Hall–Kier alpha value is -0.940. The van der Waals surface area contributed by atoms with Crippen molar-refractivity contribution < 1.29 is 14.7 Å². The van der Waals surface area contributed by atoms with Gasteiger partial charge in [0.1, 0.15) is 0 Å². The van der Waals surface area contributed by atoms with Gasteiger partial charge in [-0.25, -0.2) is 10.2 Å². The van der Waals surface area contributed by atoms with E-state index in [9.17, 15) is 9.59 Å². The molecule has 0 aliphatic heterocycles. The summed E-state index contributed by atoms with van der Waals surface area (Å²) < 4.78 is 0. The lowest BCUT2D eigenvalue weighted by Crippen LogP contribution is -2.42. The van der Waals surface area contributed by atoms with Gasteiger partial charge >= 0.3 is 5.97 Å². The second-order valence-corrected chi connectivity index (χ2v) is 1.56. The number of nitrogens with one attached hydrogen (secondary N) is 1. The van der Waals surface area contributed by atoms with E-state index in [-0.39, 0.29) is 0 Å². The first-order valence-corrected chi connectivity index (χ1v) is 2.33. The molecule has 52 valence electrons. The van der Waals surface area contributed by atoms with Crippen molar-refractivity contribution in [3.05, 3.63) is 0 Å². The molecule has 0 aromatic carbocycles. The summed E-state index contributed by atoms with van der Waals surface area (Å²) >= 11 is 0. The molecule has 0 saturated heterocycles. The predicted octanol–water partition coefficient (Wildman–Crippen LogP) is -1.51. The molecule has 0 amide bonds. The number of nitrogens with two attached hydrogens (primary N) is 1. The number of ketones is 1. The largest absolute Gasteiger partial charge is 0.475 e. The third kappa shape index (κ3) is 2.20. The van der Waals surface area contributed by atoms with Crippen molar-refractivity contribution >= 4 is 11.8 Å². The van der Waals surface area contributed by atoms with Crippen molar-refractivity contribution in [2.75, 3.05) is 0 Å². The van der Waals surface area contributed by atoms with Crippen molar-refractivity contribution in [2.24, 2.45) is 5.84 Å². The zero-order valence-electron chi connectivity index (χ0n) is 4.92. The first kappa shape index (κ1) is 8.06. The zero-order chi connectivity index (χ0) is 7.44. The van der Waals surface area contributed by atoms with Gasteiger partial charge in [0.15, 0.2) is 0 Å². The van der Waals surface area contributed by atoms with E-state index < -0.39 is 17.8 Å². The summed E-state index contributed by atoms with van der Waals surface area (Å²) in [6, 6.07) is -0.817. The smallest absolute Gasteiger partial charge is 0.373 e. The quantitative estimate of drug-likeness (QED) is 0.247. The molecule has 1 unspecified atom stereocenters. The van der Waals surface area contributed by atoms with Crippen LogP contribution in [0.4, 0.5) is 0 Å². The molecular weight excluding hydrogens is 124 g/mol. The number of carboxylic acid groups (broad SMARTS) is 1. The molecule has 0 heterocycles. The molecule has 0 fully saturated rings. The van der Waals surface area contributed by atoms with E-state index in [4.69, 9.17) is 10.9 Å². The molecule has 9 heavy (non-hydrogen) atoms. The molecule has 0 radical (unpaired) electrons. The van der Waals surface area contributed by atoms with Crippen LogP contribution in [-0.2, 0) is 9.59 Å². The summed E-state index contributed by atoms with van der Waals surface area (Å²) in [5.74, 6) is 2.37. The van der Waals surface area contributed by atoms with E-state index in [1.54, 1.807) is 0 Å². The summed E-state index contributed by atoms with van der Waals surface area (Å²) in [6.45, 7) is 1.37. The predicted molar refractivity (Wildman–Crippen MR) is 29.4 cm³/mol. The monoisotopic (exact) mass is 132 g/mol. The lowest BCUT2D eigenvalue weighted by atomic mass is 10.2. The second-order valence-electron chi connectivity index (χ2n) is 1.56. The number of carbonyl (C=O) groups excluding carboxylic acids is 1. The summed E-state index contributed by atoms with van der Waals surface area (Å²) in [4.78, 5) is 20.2. The second kappa shape index (κ2) is 3.16. The molecule has 5 heteroatoms. The van der Waals surface area contributed by atoms with E-state index in [2.05, 4.69) is 0 Å². The van der Waals surface area contributed by atoms with Crippen LogP contribution in [0.15, 0.2) is 0 Å². The SMILES string of the molecule is CC(NN)C(=O)C(=O)O. The Labute approximate surface area is 51.8 Å². The van der Waals surface area contributed by atoms with Crippen LogP contribution < -0.4 is 11.3 Å². The fourth-order valence-electron chi connectivity index (χ4n) is 0.261. The third-order valence-electron chi connectivity index (χ3n) is 0.854. The fourth-order valence-corrected chi connectivity index (χ4v) is 0.261. The Bertz CT molecular complexity index is 134. The van der Waals surface area contributed by atoms with Crippen LogP contribution in [0.25, 0.3) is 0 Å². The highest BCUT2D eigenvalue weighted by Crippen LogP contribution is 1.80. The maximum absolute atomic E-state index is 10.3. The number of Topliss-reactive ketones (excluding diaryl/α,β-unsaturated/α-hetero) is 1. The van der Waals surface area contributed by atoms with Crippen LogP contribution >= 0.6 is 0 Å². The van der Waals surface area contributed by atoms with E-state index in [1.165, 1.54) is 6.92 Å². The van der Waals surface area contributed by atoms with Crippen molar-refractivity contribution in [3.8, 4) is 0 Å². The first-order chi connectivity index (χ1) is 4.09. The van der Waals surface area contributed by atoms with Gasteiger partial charge in [-0.2, -0.15) is 0 Å². The molecule has 1 atom stereocenters. The summed E-state index contributed by atoms with van der Waals surface area (Å²) in [7, 11) is 0. The summed E-state index contributed by atoms with van der Waals surface area (Å²) in [5.41, 5.74) is 2.02. The molecule has 0 bridgehead atoms. The molecule has 0 aromatic rings. The number of hydrogen-bond acceptors (Lipinski definition) is 4. The highest BCUT2D eigenvalue weighted by atomic mass is 16.4. The van der Waals surface area contributed by atoms with Crippen molar-refractivity contribution in [3.63, 3.8) is 0 Å². The van der Waals surface area contributed by atoms with Gasteiger partial charge in [0, 0.05) is 0 Å². The normalized spacial score (nSPS) is 12.7. The minimum absolute atomic E-state index is 0.817. The van der Waals surface area contributed by atoms with Crippen molar-refractivity contribution in [2.45, 2.75) is 13.0 Å². The van der Waals surface area contributed by atoms with Crippen molar-refractivity contribution in [1.82, 2.24) is 5.43 Å². The Morgan fingerprint density at radius 3 is 2.22 bits per heavy atom. The topological polar surface area (TPSA) is 92.4 Å². The van der Waals surface area contributed by atoms with Crippen LogP contribution in [0.2, 0.25) is 0 Å². The maximum atomic E-state index is 10.3. The van der Waals surface area contributed by atoms with E-state index in [1.807, 2.05) is 5.43 Å². The molecule has 0 spiro atoms. The summed E-state index contributed by atoms with van der Waals surface area (Å²) in [6.07, 6.45) is 0. The fraction of sp³-hybridized carbons (Fsp3) is 0.500. The van der Waals surface area contributed by atoms with Crippen LogP contribution in [0, 0.1) is 0 Å². The Kier molecular flexibility index (Phi) is 2.83. The van der Waals surface area contributed by atoms with E-state index in [0.29, 0.717) is 0 Å². The number of carboxylic acids is 1. The van der Waals surface area contributed by atoms with E-state index >= 15 is 0 Å². The highest BCUT2D eigenvalue weighted by molar-refractivity contribution is 6.34. The van der Waals surface area contributed by atoms with Gasteiger partial charge in [0.2, 0.25) is 0 Å². The molecule has 0 aromatic heterocycles. The Balaban J connectivity index is 3.88. The number of rotatable bonds is 3. The third-order valence-corrected chi connectivity index (χ3v) is 0.854. The zero-order valence-corrected chi connectivity index (χ0v) is 4.92. The van der Waals surface area contributed by atoms with Gasteiger partial charge in [-0.15, -0.1) is 0 Å². The van der Waals surface area contributed by atoms with Crippen LogP contribution in [0.5, 0.6) is 0 Å². The molecular formula is C4H8N2O3. The Morgan fingerprint density at radius 1 is 1.67 bits per heavy atom. The van der Waals surface area contributed by atoms with Crippen LogP contribution in [-0.4, -0.2) is 22.9 Å². The van der Waals surface area contributed by atoms with Gasteiger partial charge in [-0.05, 0) is 6.92 Å². The minimum Gasteiger partial charge on any atom is -0.475 e. The number of hydrazine groups is 1. The molecule has 0 aliphatic rings. The summed E-state index contributed by atoms with van der Waals surface area (Å²) in [5, 5.41) is 8.04. The van der Waals surface area contributed by atoms with E-state index in [0.717, 1.165) is 0 Å². The molecule has 0 rings (SSSR count). The minimum atomic E-state index is -1.47. The number of hydrogen-bond donors (Lipinski definition) is 3.